The first-order valence-corrected chi connectivity index (χ1v) is 10.2. The third-order valence-electron chi connectivity index (χ3n) is 5.61. The summed E-state index contributed by atoms with van der Waals surface area (Å²) in [6.07, 6.45) is 1.40. The molecule has 0 aromatic rings. The minimum absolute atomic E-state index is 0.00153. The molecule has 0 aliphatic carbocycles. The van der Waals surface area contributed by atoms with Crippen LogP contribution in [0, 0.1) is 22.2 Å². The standard InChI is InChI=1S/C22H45NO4/c1-11-17(20(6,7)15-24)27-21(8,9)16(2)12-26-18(25)22(10,14-23)13-19(3,4)5/h16-17,24H,11-15,23H2,1-10H3. The highest BCUT2D eigenvalue weighted by Crippen LogP contribution is 2.35. The lowest BCUT2D eigenvalue weighted by molar-refractivity contribution is -0.172. The van der Waals surface area contributed by atoms with E-state index in [9.17, 15) is 9.90 Å². The van der Waals surface area contributed by atoms with Crippen molar-refractivity contribution in [1.82, 2.24) is 0 Å². The zero-order chi connectivity index (χ0) is 21.7. The van der Waals surface area contributed by atoms with E-state index in [2.05, 4.69) is 27.7 Å². The van der Waals surface area contributed by atoms with E-state index < -0.39 is 11.0 Å². The molecule has 5 heteroatoms. The normalized spacial score (nSPS) is 17.9. The number of carbonyl (C=O) groups is 1. The van der Waals surface area contributed by atoms with Crippen LogP contribution >= 0.6 is 0 Å². The SMILES string of the molecule is CCC(OC(C)(C)C(C)COC(=O)C(C)(CN)CC(C)(C)C)C(C)(C)CO. The fraction of sp³-hybridized carbons (Fsp3) is 0.955. The average molecular weight is 388 g/mol. The smallest absolute Gasteiger partial charge is 0.313 e. The van der Waals surface area contributed by atoms with Crippen molar-refractivity contribution in [3.05, 3.63) is 0 Å². The van der Waals surface area contributed by atoms with Gasteiger partial charge in [0.15, 0.2) is 0 Å². The van der Waals surface area contributed by atoms with Gasteiger partial charge in [-0.05, 0) is 39.0 Å². The number of hydrogen-bond acceptors (Lipinski definition) is 5. The van der Waals surface area contributed by atoms with Crippen LogP contribution in [0.1, 0.15) is 82.1 Å². The summed E-state index contributed by atoms with van der Waals surface area (Å²) in [5.41, 5.74) is 4.39. The molecule has 0 aliphatic heterocycles. The molecule has 3 unspecified atom stereocenters. The van der Waals surface area contributed by atoms with Crippen molar-refractivity contribution < 1.29 is 19.4 Å². The van der Waals surface area contributed by atoms with Gasteiger partial charge >= 0.3 is 5.97 Å². The monoisotopic (exact) mass is 387 g/mol. The van der Waals surface area contributed by atoms with E-state index in [0.29, 0.717) is 6.42 Å². The van der Waals surface area contributed by atoms with Crippen LogP contribution in [0.2, 0.25) is 0 Å². The lowest BCUT2D eigenvalue weighted by atomic mass is 9.75. The molecule has 0 bridgehead atoms. The quantitative estimate of drug-likeness (QED) is 0.520. The third kappa shape index (κ3) is 8.08. The Morgan fingerprint density at radius 3 is 1.96 bits per heavy atom. The summed E-state index contributed by atoms with van der Waals surface area (Å²) >= 11 is 0. The Bertz CT molecular complexity index is 467. The molecule has 3 atom stereocenters. The first-order chi connectivity index (χ1) is 12.0. The minimum atomic E-state index is -0.687. The molecule has 5 nitrogen and oxygen atoms in total. The fourth-order valence-electron chi connectivity index (χ4n) is 3.35. The van der Waals surface area contributed by atoms with Crippen molar-refractivity contribution >= 4 is 5.97 Å². The zero-order valence-electron chi connectivity index (χ0n) is 19.4. The maximum atomic E-state index is 12.7. The topological polar surface area (TPSA) is 81.8 Å². The van der Waals surface area contributed by atoms with Gasteiger partial charge < -0.3 is 20.3 Å². The molecule has 0 saturated carbocycles. The van der Waals surface area contributed by atoms with Gasteiger partial charge in [-0.15, -0.1) is 0 Å². The van der Waals surface area contributed by atoms with Crippen molar-refractivity contribution in [3.63, 3.8) is 0 Å². The van der Waals surface area contributed by atoms with Gasteiger partial charge in [0.25, 0.3) is 0 Å². The molecule has 0 radical (unpaired) electrons. The average Bonchev–Trinajstić information content (AvgIpc) is 2.55. The molecule has 0 saturated heterocycles. The molecule has 27 heavy (non-hydrogen) atoms. The van der Waals surface area contributed by atoms with Gasteiger partial charge in [0.2, 0.25) is 0 Å². The predicted octanol–water partition coefficient (Wildman–Crippen LogP) is 4.16. The van der Waals surface area contributed by atoms with Crippen molar-refractivity contribution in [2.75, 3.05) is 19.8 Å². The summed E-state index contributed by atoms with van der Waals surface area (Å²) < 4.78 is 12.0. The van der Waals surface area contributed by atoms with E-state index in [1.54, 1.807) is 0 Å². The molecule has 0 rings (SSSR count). The summed E-state index contributed by atoms with van der Waals surface area (Å²) in [6, 6.07) is 0. The number of aliphatic hydroxyl groups is 1. The van der Waals surface area contributed by atoms with Gasteiger partial charge in [-0.1, -0.05) is 48.5 Å². The van der Waals surface area contributed by atoms with Crippen LogP contribution < -0.4 is 5.73 Å². The first-order valence-electron chi connectivity index (χ1n) is 10.2. The molecular weight excluding hydrogens is 342 g/mol. The molecule has 0 aromatic heterocycles. The van der Waals surface area contributed by atoms with Crippen LogP contribution in [-0.2, 0) is 14.3 Å². The maximum Gasteiger partial charge on any atom is 0.313 e. The number of aliphatic hydroxyl groups excluding tert-OH is 1. The number of rotatable bonds is 11. The highest BCUT2D eigenvalue weighted by atomic mass is 16.5. The van der Waals surface area contributed by atoms with Crippen LogP contribution in [0.3, 0.4) is 0 Å². The van der Waals surface area contributed by atoms with E-state index in [0.717, 1.165) is 6.42 Å². The number of esters is 1. The number of hydrogen-bond donors (Lipinski definition) is 2. The van der Waals surface area contributed by atoms with Gasteiger partial charge in [-0.3, -0.25) is 4.79 Å². The van der Waals surface area contributed by atoms with Gasteiger partial charge in [-0.2, -0.15) is 0 Å². The van der Waals surface area contributed by atoms with Crippen molar-refractivity contribution in [3.8, 4) is 0 Å². The second-order valence-corrected chi connectivity index (χ2v) is 10.8. The van der Waals surface area contributed by atoms with Crippen LogP contribution in [0.25, 0.3) is 0 Å². The van der Waals surface area contributed by atoms with E-state index in [4.69, 9.17) is 15.2 Å². The van der Waals surface area contributed by atoms with Crippen molar-refractivity contribution in [2.24, 2.45) is 27.9 Å². The molecular formula is C22H45NO4. The number of ether oxygens (including phenoxy) is 2. The van der Waals surface area contributed by atoms with E-state index in [1.807, 2.05) is 41.5 Å². The summed E-state index contributed by atoms with van der Waals surface area (Å²) in [5, 5.41) is 9.66. The largest absolute Gasteiger partial charge is 0.465 e. The Morgan fingerprint density at radius 1 is 1.07 bits per heavy atom. The van der Waals surface area contributed by atoms with Gasteiger partial charge in [0.05, 0.1) is 30.3 Å². The Balaban J connectivity index is 5.00. The van der Waals surface area contributed by atoms with Crippen LogP contribution in [0.5, 0.6) is 0 Å². The van der Waals surface area contributed by atoms with Gasteiger partial charge in [-0.25, -0.2) is 0 Å². The van der Waals surface area contributed by atoms with Crippen LogP contribution in [-0.4, -0.2) is 42.5 Å². The zero-order valence-corrected chi connectivity index (χ0v) is 19.4. The highest BCUT2D eigenvalue weighted by molar-refractivity contribution is 5.76. The third-order valence-corrected chi connectivity index (χ3v) is 5.61. The Morgan fingerprint density at radius 2 is 1.59 bits per heavy atom. The molecule has 0 aromatic carbocycles. The van der Waals surface area contributed by atoms with E-state index in [-0.39, 0.29) is 48.6 Å². The second-order valence-electron chi connectivity index (χ2n) is 10.8. The lowest BCUT2D eigenvalue weighted by Gasteiger charge is -2.41. The minimum Gasteiger partial charge on any atom is -0.465 e. The van der Waals surface area contributed by atoms with E-state index in [1.165, 1.54) is 0 Å². The Labute approximate surface area is 167 Å². The Hall–Kier alpha value is -0.650. The summed E-state index contributed by atoms with van der Waals surface area (Å²) in [6.45, 7) is 20.9. The fourth-order valence-corrected chi connectivity index (χ4v) is 3.35. The van der Waals surface area contributed by atoms with Crippen molar-refractivity contribution in [2.45, 2.75) is 93.8 Å². The second kappa shape index (κ2) is 9.71. The van der Waals surface area contributed by atoms with Gasteiger partial charge in [0, 0.05) is 17.9 Å². The first kappa shape index (κ1) is 26.4. The van der Waals surface area contributed by atoms with Crippen LogP contribution in [0.15, 0.2) is 0 Å². The maximum absolute atomic E-state index is 12.7. The van der Waals surface area contributed by atoms with Crippen LogP contribution in [0.4, 0.5) is 0 Å². The summed E-state index contributed by atoms with van der Waals surface area (Å²) in [5.74, 6) is -0.244. The van der Waals surface area contributed by atoms with E-state index >= 15 is 0 Å². The highest BCUT2D eigenvalue weighted by Gasteiger charge is 2.40. The predicted molar refractivity (Wildman–Crippen MR) is 111 cm³/mol. The summed E-state index contributed by atoms with van der Waals surface area (Å²) in [4.78, 5) is 12.7. The molecule has 0 aliphatic rings. The number of carbonyl (C=O) groups excluding carboxylic acids is 1. The molecule has 162 valence electrons. The molecule has 3 N–H and O–H groups in total. The lowest BCUT2D eigenvalue weighted by Crippen LogP contribution is -2.46. The molecule has 0 amide bonds. The number of nitrogens with two attached hydrogens (primary N) is 1. The molecule has 0 spiro atoms. The van der Waals surface area contributed by atoms with Gasteiger partial charge in [0.1, 0.15) is 0 Å². The molecule has 0 fully saturated rings. The Kier molecular flexibility index (Phi) is 9.47. The van der Waals surface area contributed by atoms with Crippen molar-refractivity contribution in [1.29, 1.82) is 0 Å². The molecule has 0 heterocycles. The summed E-state index contributed by atoms with van der Waals surface area (Å²) in [7, 11) is 0.